The van der Waals surface area contributed by atoms with E-state index in [1.807, 2.05) is 4.90 Å². The molecule has 1 aromatic carbocycles. The number of amides is 2. The minimum atomic E-state index is 0.0860. The Hall–Kier alpha value is -2.34. The number of rotatable bonds is 3. The Bertz CT molecular complexity index is 801. The molecule has 0 radical (unpaired) electrons. The van der Waals surface area contributed by atoms with Crippen molar-refractivity contribution in [2.45, 2.75) is 45.1 Å². The Morgan fingerprint density at radius 1 is 1.22 bits per heavy atom. The summed E-state index contributed by atoms with van der Waals surface area (Å²) in [7, 11) is 0. The molecule has 2 aliphatic rings. The highest BCUT2D eigenvalue weighted by atomic mass is 16.2. The minimum Gasteiger partial charge on any atom is -0.334 e. The van der Waals surface area contributed by atoms with E-state index >= 15 is 0 Å². The number of aryl methyl sites for hydroxylation is 1. The van der Waals surface area contributed by atoms with Crippen LogP contribution in [0.3, 0.4) is 0 Å². The van der Waals surface area contributed by atoms with E-state index < -0.39 is 0 Å². The molecule has 144 valence electrons. The van der Waals surface area contributed by atoms with Gasteiger partial charge in [-0.3, -0.25) is 5.10 Å². The van der Waals surface area contributed by atoms with Crippen molar-refractivity contribution in [2.75, 3.05) is 26.2 Å². The van der Waals surface area contributed by atoms with Crippen LogP contribution in [-0.2, 0) is 0 Å². The Morgan fingerprint density at radius 3 is 2.78 bits per heavy atom. The van der Waals surface area contributed by atoms with E-state index in [4.69, 9.17) is 0 Å². The van der Waals surface area contributed by atoms with Gasteiger partial charge in [0.1, 0.15) is 0 Å². The lowest BCUT2D eigenvalue weighted by Gasteiger charge is -2.32. The maximum Gasteiger partial charge on any atom is 0.317 e. The zero-order chi connectivity index (χ0) is 18.8. The molecule has 0 aliphatic carbocycles. The molecular weight excluding hydrogens is 338 g/mol. The first-order valence-corrected chi connectivity index (χ1v) is 10.00. The second-order valence-electron chi connectivity index (χ2n) is 7.86. The van der Waals surface area contributed by atoms with Gasteiger partial charge in [-0.25, -0.2) is 4.79 Å². The summed E-state index contributed by atoms with van der Waals surface area (Å²) in [6.07, 6.45) is 2.98. The standard InChI is InChI=1S/C21H29N5O/c1-14-4-3-5-18(15(14)2)20-12-19(24-25-20)16-7-10-26(11-8-16)21(27)23-17-6-9-22-13-17/h3-5,12,16-17,22H,6-11,13H2,1-2H3,(H,23,27)(H,24,25)/t17-/m0/s1. The summed E-state index contributed by atoms with van der Waals surface area (Å²) in [6, 6.07) is 8.91. The van der Waals surface area contributed by atoms with Crippen molar-refractivity contribution in [3.05, 3.63) is 41.1 Å². The largest absolute Gasteiger partial charge is 0.334 e. The second-order valence-corrected chi connectivity index (χ2v) is 7.86. The van der Waals surface area contributed by atoms with Crippen molar-refractivity contribution in [2.24, 2.45) is 0 Å². The highest BCUT2D eigenvalue weighted by Gasteiger charge is 2.27. The van der Waals surface area contributed by atoms with E-state index in [0.717, 1.165) is 51.1 Å². The molecule has 27 heavy (non-hydrogen) atoms. The number of nitrogens with one attached hydrogen (secondary N) is 3. The van der Waals surface area contributed by atoms with E-state index in [-0.39, 0.29) is 12.1 Å². The maximum atomic E-state index is 12.4. The predicted molar refractivity (Wildman–Crippen MR) is 107 cm³/mol. The molecule has 1 aromatic heterocycles. The van der Waals surface area contributed by atoms with Gasteiger partial charge in [0.2, 0.25) is 0 Å². The van der Waals surface area contributed by atoms with Gasteiger partial charge in [-0.15, -0.1) is 0 Å². The zero-order valence-electron chi connectivity index (χ0n) is 16.2. The molecule has 2 saturated heterocycles. The average molecular weight is 367 g/mol. The fraction of sp³-hybridized carbons (Fsp3) is 0.524. The number of piperidine rings is 1. The summed E-state index contributed by atoms with van der Waals surface area (Å²) in [6.45, 7) is 7.76. The Morgan fingerprint density at radius 2 is 2.04 bits per heavy atom. The molecule has 2 aromatic rings. The van der Waals surface area contributed by atoms with E-state index in [9.17, 15) is 4.79 Å². The number of urea groups is 1. The molecule has 6 heteroatoms. The lowest BCUT2D eigenvalue weighted by Crippen LogP contribution is -2.48. The molecule has 0 spiro atoms. The third kappa shape index (κ3) is 3.86. The van der Waals surface area contributed by atoms with Crippen LogP contribution in [0, 0.1) is 13.8 Å². The van der Waals surface area contributed by atoms with Crippen LogP contribution in [0.15, 0.2) is 24.3 Å². The third-order valence-corrected chi connectivity index (χ3v) is 6.09. The van der Waals surface area contributed by atoms with Crippen molar-refractivity contribution >= 4 is 6.03 Å². The normalized spacial score (nSPS) is 20.8. The highest BCUT2D eigenvalue weighted by molar-refractivity contribution is 5.74. The molecule has 0 saturated carbocycles. The molecule has 2 fully saturated rings. The van der Waals surface area contributed by atoms with E-state index in [2.05, 4.69) is 58.9 Å². The van der Waals surface area contributed by atoms with Crippen molar-refractivity contribution < 1.29 is 4.79 Å². The number of benzene rings is 1. The summed E-state index contributed by atoms with van der Waals surface area (Å²) < 4.78 is 0. The molecule has 2 aliphatic heterocycles. The van der Waals surface area contributed by atoms with Gasteiger partial charge in [0.05, 0.1) is 5.69 Å². The van der Waals surface area contributed by atoms with Gasteiger partial charge in [-0.2, -0.15) is 5.10 Å². The first-order chi connectivity index (χ1) is 13.1. The van der Waals surface area contributed by atoms with Crippen LogP contribution in [-0.4, -0.2) is 53.3 Å². The van der Waals surface area contributed by atoms with Gasteiger partial charge in [-0.05, 0) is 56.8 Å². The van der Waals surface area contributed by atoms with Crippen LogP contribution in [0.1, 0.15) is 42.0 Å². The molecule has 0 bridgehead atoms. The maximum absolute atomic E-state index is 12.4. The van der Waals surface area contributed by atoms with Gasteiger partial charge in [0, 0.05) is 42.9 Å². The molecule has 3 N–H and O–H groups in total. The SMILES string of the molecule is Cc1cccc(-c2cc(C3CCN(C(=O)N[C@H]4CCNC4)CC3)[nH]n2)c1C. The number of likely N-dealkylation sites (tertiary alicyclic amines) is 1. The van der Waals surface area contributed by atoms with Gasteiger partial charge < -0.3 is 15.5 Å². The van der Waals surface area contributed by atoms with Crippen LogP contribution in [0.5, 0.6) is 0 Å². The predicted octanol–water partition coefficient (Wildman–Crippen LogP) is 2.94. The topological polar surface area (TPSA) is 73.1 Å². The molecule has 6 nitrogen and oxygen atoms in total. The molecule has 4 rings (SSSR count). The Kier molecular flexibility index (Phi) is 5.16. The highest BCUT2D eigenvalue weighted by Crippen LogP contribution is 2.31. The summed E-state index contributed by atoms with van der Waals surface area (Å²) in [5, 5.41) is 14.2. The lowest BCUT2D eigenvalue weighted by atomic mass is 9.92. The van der Waals surface area contributed by atoms with E-state index in [1.165, 1.54) is 22.4 Å². The summed E-state index contributed by atoms with van der Waals surface area (Å²) in [5.74, 6) is 0.438. The number of hydrogen-bond acceptors (Lipinski definition) is 3. The van der Waals surface area contributed by atoms with Crippen molar-refractivity contribution in [3.8, 4) is 11.3 Å². The molecule has 3 heterocycles. The van der Waals surface area contributed by atoms with Crippen molar-refractivity contribution in [1.29, 1.82) is 0 Å². The third-order valence-electron chi connectivity index (χ3n) is 6.09. The van der Waals surface area contributed by atoms with Crippen LogP contribution < -0.4 is 10.6 Å². The van der Waals surface area contributed by atoms with Crippen LogP contribution in [0.25, 0.3) is 11.3 Å². The van der Waals surface area contributed by atoms with Crippen LogP contribution >= 0.6 is 0 Å². The molecular formula is C21H29N5O. The van der Waals surface area contributed by atoms with Gasteiger partial charge >= 0.3 is 6.03 Å². The lowest BCUT2D eigenvalue weighted by molar-refractivity contribution is 0.178. The fourth-order valence-corrected chi connectivity index (χ4v) is 4.15. The number of nitrogens with zero attached hydrogens (tertiary/aromatic N) is 2. The van der Waals surface area contributed by atoms with Gasteiger partial charge in [0.15, 0.2) is 0 Å². The fourth-order valence-electron chi connectivity index (χ4n) is 4.15. The monoisotopic (exact) mass is 367 g/mol. The van der Waals surface area contributed by atoms with Crippen molar-refractivity contribution in [1.82, 2.24) is 25.7 Å². The van der Waals surface area contributed by atoms with Gasteiger partial charge in [-0.1, -0.05) is 18.2 Å². The average Bonchev–Trinajstić information content (AvgIpc) is 3.36. The number of carbonyl (C=O) groups is 1. The summed E-state index contributed by atoms with van der Waals surface area (Å²) >= 11 is 0. The molecule has 2 amide bonds. The Balaban J connectivity index is 1.37. The minimum absolute atomic E-state index is 0.0860. The van der Waals surface area contributed by atoms with Gasteiger partial charge in [0.25, 0.3) is 0 Å². The zero-order valence-corrected chi connectivity index (χ0v) is 16.2. The van der Waals surface area contributed by atoms with E-state index in [1.54, 1.807) is 0 Å². The first kappa shape index (κ1) is 18.0. The summed E-state index contributed by atoms with van der Waals surface area (Å²) in [4.78, 5) is 14.4. The molecule has 0 unspecified atom stereocenters. The quantitative estimate of drug-likeness (QED) is 0.781. The smallest absolute Gasteiger partial charge is 0.317 e. The number of carbonyl (C=O) groups excluding carboxylic acids is 1. The number of hydrogen-bond donors (Lipinski definition) is 3. The van der Waals surface area contributed by atoms with Crippen LogP contribution in [0.2, 0.25) is 0 Å². The number of H-pyrrole nitrogens is 1. The number of aromatic amines is 1. The summed E-state index contributed by atoms with van der Waals surface area (Å²) in [5.41, 5.74) is 5.96. The Labute approximate surface area is 160 Å². The first-order valence-electron chi connectivity index (χ1n) is 10.00. The second kappa shape index (κ2) is 7.72. The van der Waals surface area contributed by atoms with Crippen molar-refractivity contribution in [3.63, 3.8) is 0 Å². The van der Waals surface area contributed by atoms with Crippen LogP contribution in [0.4, 0.5) is 4.79 Å². The molecule has 1 atom stereocenters. The number of aromatic nitrogens is 2. The van der Waals surface area contributed by atoms with E-state index in [0.29, 0.717) is 5.92 Å².